The van der Waals surface area contributed by atoms with Crippen molar-refractivity contribution in [1.82, 2.24) is 0 Å². The van der Waals surface area contributed by atoms with E-state index in [0.717, 1.165) is 17.7 Å². The van der Waals surface area contributed by atoms with Gasteiger partial charge in [-0.2, -0.15) is 0 Å². The van der Waals surface area contributed by atoms with Crippen molar-refractivity contribution in [3.63, 3.8) is 0 Å². The van der Waals surface area contributed by atoms with Crippen LogP contribution in [0.1, 0.15) is 49.5 Å². The summed E-state index contributed by atoms with van der Waals surface area (Å²) in [6.45, 7) is 3.91. The molecule has 0 radical (unpaired) electrons. The van der Waals surface area contributed by atoms with Crippen LogP contribution >= 0.6 is 0 Å². The van der Waals surface area contributed by atoms with Gasteiger partial charge in [-0.3, -0.25) is 0 Å². The molecule has 1 fully saturated rings. The lowest BCUT2D eigenvalue weighted by molar-refractivity contribution is -0.114. The van der Waals surface area contributed by atoms with Crippen LogP contribution in [0.5, 0.6) is 5.75 Å². The molecule has 30 heavy (non-hydrogen) atoms. The van der Waals surface area contributed by atoms with Gasteiger partial charge < -0.3 is 19.7 Å². The van der Waals surface area contributed by atoms with Gasteiger partial charge in [0.25, 0.3) is 0 Å². The average molecular weight is 409 g/mol. The van der Waals surface area contributed by atoms with Crippen molar-refractivity contribution in [3.8, 4) is 16.9 Å². The van der Waals surface area contributed by atoms with E-state index in [1.807, 2.05) is 26.0 Å². The maximum atomic E-state index is 10.2. The summed E-state index contributed by atoms with van der Waals surface area (Å²) in [6, 6.07) is 21.0. The highest BCUT2D eigenvalue weighted by Crippen LogP contribution is 2.37. The maximum absolute atomic E-state index is 10.2. The van der Waals surface area contributed by atoms with Crippen molar-refractivity contribution >= 4 is 0 Å². The molecule has 1 heterocycles. The number of aliphatic hydroxyl groups is 2. The predicted molar refractivity (Wildman–Crippen MR) is 120 cm³/mol. The van der Waals surface area contributed by atoms with Crippen LogP contribution in [0.3, 0.4) is 0 Å². The fourth-order valence-corrected chi connectivity index (χ4v) is 4.07. The first kappa shape index (κ1) is 22.3. The third kappa shape index (κ3) is 5.20. The van der Waals surface area contributed by atoms with E-state index in [1.54, 1.807) is 7.11 Å². The Hall–Kier alpha value is -2.40. The van der Waals surface area contributed by atoms with E-state index in [-0.39, 0.29) is 18.8 Å². The lowest BCUT2D eigenvalue weighted by atomic mass is 9.93. The highest BCUT2D eigenvalue weighted by atomic mass is 16.5. The van der Waals surface area contributed by atoms with Gasteiger partial charge in [0, 0.05) is 18.4 Å². The molecule has 1 saturated heterocycles. The van der Waals surface area contributed by atoms with Crippen LogP contribution in [-0.4, -0.2) is 36.1 Å². The molecule has 0 aromatic heterocycles. The number of ether oxygens (including phenoxy) is 2. The third-order valence-electron chi connectivity index (χ3n) is 5.42. The number of aliphatic hydroxyl groups excluding tert-OH is 2. The van der Waals surface area contributed by atoms with Crippen LogP contribution in [0.4, 0.5) is 0 Å². The summed E-state index contributed by atoms with van der Waals surface area (Å²) >= 11 is 0. The zero-order chi connectivity index (χ0) is 21.5. The molecule has 2 N–H and O–H groups in total. The molecule has 0 bridgehead atoms. The van der Waals surface area contributed by atoms with Crippen LogP contribution in [0.25, 0.3) is 11.1 Å². The summed E-state index contributed by atoms with van der Waals surface area (Å²) in [6.07, 6.45) is 0.676. The van der Waals surface area contributed by atoms with Crippen molar-refractivity contribution in [1.29, 1.82) is 0 Å². The highest BCUT2D eigenvalue weighted by molar-refractivity contribution is 5.68. The molecular weight excluding hydrogens is 376 g/mol. The molecule has 160 valence electrons. The fraction of sp³-hybridized carbons (Fsp3) is 0.385. The number of rotatable bonds is 5. The number of hydrogen-bond donors (Lipinski definition) is 2. The Kier molecular flexibility index (Phi) is 7.86. The van der Waals surface area contributed by atoms with Crippen LogP contribution in [0.15, 0.2) is 60.7 Å². The lowest BCUT2D eigenvalue weighted by Crippen LogP contribution is -2.33. The normalized spacial score (nSPS) is 21.0. The minimum Gasteiger partial charge on any atom is -0.496 e. The van der Waals surface area contributed by atoms with E-state index in [0.29, 0.717) is 12.8 Å². The number of benzene rings is 1. The molecule has 2 aliphatic carbocycles. The molecule has 4 heteroatoms. The average Bonchev–Trinajstić information content (AvgIpc) is 3.02. The molecule has 0 saturated carbocycles. The van der Waals surface area contributed by atoms with Gasteiger partial charge in [-0.25, -0.2) is 0 Å². The second-order valence-electron chi connectivity index (χ2n) is 7.49. The second-order valence-corrected chi connectivity index (χ2v) is 7.49. The van der Waals surface area contributed by atoms with E-state index >= 15 is 0 Å². The molecule has 0 amide bonds. The minimum absolute atomic E-state index is 0.0902. The summed E-state index contributed by atoms with van der Waals surface area (Å²) in [5, 5.41) is 19.6. The Bertz CT molecular complexity index is 876. The predicted octanol–water partition coefficient (Wildman–Crippen LogP) is 4.99. The topological polar surface area (TPSA) is 58.9 Å². The largest absolute Gasteiger partial charge is 0.496 e. The van der Waals surface area contributed by atoms with Crippen LogP contribution in [0, 0.1) is 0 Å². The van der Waals surface area contributed by atoms with Crippen LogP contribution < -0.4 is 4.74 Å². The van der Waals surface area contributed by atoms with Gasteiger partial charge in [-0.1, -0.05) is 62.4 Å². The molecule has 3 atom stereocenters. The van der Waals surface area contributed by atoms with E-state index in [2.05, 4.69) is 48.5 Å². The van der Waals surface area contributed by atoms with Gasteiger partial charge in [0.1, 0.15) is 5.75 Å². The Balaban J connectivity index is 0.00000124. The molecular formula is C26H32O4. The Morgan fingerprint density at radius 1 is 0.933 bits per heavy atom. The Morgan fingerprint density at radius 2 is 1.63 bits per heavy atom. The molecule has 1 aliphatic heterocycles. The third-order valence-corrected chi connectivity index (χ3v) is 5.42. The van der Waals surface area contributed by atoms with Crippen molar-refractivity contribution in [2.45, 2.75) is 51.4 Å². The SMILES string of the molecule is CC.COc1ccc(Cc2cc3cccccc-3c2)cc1C1CC(O)CC(CO)O1. The van der Waals surface area contributed by atoms with Gasteiger partial charge in [-0.05, 0) is 40.8 Å². The zero-order valence-corrected chi connectivity index (χ0v) is 18.0. The Morgan fingerprint density at radius 3 is 2.27 bits per heavy atom. The van der Waals surface area contributed by atoms with Gasteiger partial charge >= 0.3 is 0 Å². The van der Waals surface area contributed by atoms with Crippen molar-refractivity contribution < 1.29 is 19.7 Å². The smallest absolute Gasteiger partial charge is 0.124 e. The molecule has 4 nitrogen and oxygen atoms in total. The Labute approximate surface area is 179 Å². The van der Waals surface area contributed by atoms with Crippen molar-refractivity contribution in [2.75, 3.05) is 13.7 Å². The number of hydrogen-bond acceptors (Lipinski definition) is 4. The molecule has 1 aromatic carbocycles. The zero-order valence-electron chi connectivity index (χ0n) is 18.0. The van der Waals surface area contributed by atoms with E-state index in [4.69, 9.17) is 9.47 Å². The van der Waals surface area contributed by atoms with E-state index in [1.165, 1.54) is 22.3 Å². The summed E-state index contributed by atoms with van der Waals surface area (Å²) in [7, 11) is 1.64. The lowest BCUT2D eigenvalue weighted by Gasteiger charge is -2.33. The summed E-state index contributed by atoms with van der Waals surface area (Å²) in [5.74, 6) is 0.749. The van der Waals surface area contributed by atoms with Gasteiger partial charge in [-0.15, -0.1) is 0 Å². The second kappa shape index (κ2) is 10.6. The summed E-state index contributed by atoms with van der Waals surface area (Å²) in [5.41, 5.74) is 5.83. The summed E-state index contributed by atoms with van der Waals surface area (Å²) in [4.78, 5) is 0. The van der Waals surface area contributed by atoms with E-state index in [9.17, 15) is 10.2 Å². The standard InChI is InChI=1S/C24H26O4.C2H6/c1-27-23-8-7-16(9-17-10-18-5-3-2-4-6-19(18)11-17)12-22(23)24-14-20(26)13-21(15-25)28-24;1-2/h2-8,10-12,20-21,24-26H,9,13-15H2,1H3;1-2H3. The first-order valence-electron chi connectivity index (χ1n) is 10.7. The quantitative estimate of drug-likeness (QED) is 0.624. The van der Waals surface area contributed by atoms with Crippen molar-refractivity contribution in [2.24, 2.45) is 0 Å². The highest BCUT2D eigenvalue weighted by Gasteiger charge is 2.30. The molecule has 4 rings (SSSR count). The molecule has 3 unspecified atom stereocenters. The molecule has 0 spiro atoms. The van der Waals surface area contributed by atoms with Crippen LogP contribution in [0.2, 0.25) is 0 Å². The van der Waals surface area contributed by atoms with Gasteiger partial charge in [0.2, 0.25) is 0 Å². The van der Waals surface area contributed by atoms with Gasteiger partial charge in [0.05, 0.1) is 32.0 Å². The minimum atomic E-state index is -0.481. The maximum Gasteiger partial charge on any atom is 0.124 e. The fourth-order valence-electron chi connectivity index (χ4n) is 4.07. The summed E-state index contributed by atoms with van der Waals surface area (Å²) < 4.78 is 11.6. The number of methoxy groups -OCH3 is 1. The van der Waals surface area contributed by atoms with E-state index < -0.39 is 6.10 Å². The number of fused-ring (bicyclic) bond motifs is 1. The van der Waals surface area contributed by atoms with Crippen molar-refractivity contribution in [3.05, 3.63) is 77.4 Å². The molecule has 1 aromatic rings. The van der Waals surface area contributed by atoms with Crippen LogP contribution in [-0.2, 0) is 11.2 Å². The monoisotopic (exact) mass is 408 g/mol. The first-order chi connectivity index (χ1) is 14.7. The molecule has 3 aliphatic rings. The van der Waals surface area contributed by atoms with Gasteiger partial charge in [0.15, 0.2) is 0 Å². The first-order valence-corrected chi connectivity index (χ1v) is 10.7.